The first-order valence-electron chi connectivity index (χ1n) is 10.0. The van der Waals surface area contributed by atoms with Gasteiger partial charge in [0.1, 0.15) is 0 Å². The molecule has 2 rings (SSSR count). The van der Waals surface area contributed by atoms with Crippen molar-refractivity contribution in [1.82, 2.24) is 10.2 Å². The summed E-state index contributed by atoms with van der Waals surface area (Å²) in [5.74, 6) is 2.20. The zero-order chi connectivity index (χ0) is 17.2. The summed E-state index contributed by atoms with van der Waals surface area (Å²) in [5.41, 5.74) is 5.37. The van der Waals surface area contributed by atoms with Gasteiger partial charge in [-0.25, -0.2) is 0 Å². The highest BCUT2D eigenvalue weighted by Crippen LogP contribution is 2.28. The number of carbonyl (C=O) groups excluding carboxylic acids is 1. The van der Waals surface area contributed by atoms with Gasteiger partial charge in [0, 0.05) is 32.6 Å². The van der Waals surface area contributed by atoms with E-state index in [1.54, 1.807) is 0 Å². The Hall–Kier alpha value is -1.26. The molecule has 24 heavy (non-hydrogen) atoms. The van der Waals surface area contributed by atoms with E-state index in [0.717, 1.165) is 50.9 Å². The number of hydrogen-bond donors (Lipinski definition) is 2. The van der Waals surface area contributed by atoms with Gasteiger partial charge >= 0.3 is 0 Å². The number of guanidine groups is 1. The zero-order valence-corrected chi connectivity index (χ0v) is 15.4. The third kappa shape index (κ3) is 6.70. The predicted octanol–water partition coefficient (Wildman–Crippen LogP) is 2.90. The van der Waals surface area contributed by atoms with Crippen LogP contribution < -0.4 is 11.1 Å². The molecule has 0 radical (unpaired) electrons. The quantitative estimate of drug-likeness (QED) is 0.407. The van der Waals surface area contributed by atoms with E-state index in [2.05, 4.69) is 17.1 Å². The minimum Gasteiger partial charge on any atom is -0.370 e. The molecule has 2 fully saturated rings. The van der Waals surface area contributed by atoms with Crippen LogP contribution >= 0.6 is 0 Å². The molecule has 0 bridgehead atoms. The second-order valence-corrected chi connectivity index (χ2v) is 7.51. The first-order chi connectivity index (χ1) is 11.7. The minimum absolute atomic E-state index is 0.185. The SMILES string of the molecule is CCNC(=NCCCCC1CCCC1)N1CCCC(CC(N)=O)C1. The van der Waals surface area contributed by atoms with Gasteiger partial charge in [0.2, 0.25) is 5.91 Å². The lowest BCUT2D eigenvalue weighted by molar-refractivity contribution is -0.119. The molecule has 1 unspecified atom stereocenters. The third-order valence-corrected chi connectivity index (χ3v) is 5.40. The summed E-state index contributed by atoms with van der Waals surface area (Å²) in [6.07, 6.45) is 12.4. The molecular formula is C19H36N4O. The van der Waals surface area contributed by atoms with Crippen LogP contribution in [0, 0.1) is 11.8 Å². The molecule has 0 aromatic carbocycles. The molecule has 138 valence electrons. The fourth-order valence-corrected chi connectivity index (χ4v) is 4.16. The van der Waals surface area contributed by atoms with Crippen molar-refractivity contribution in [2.75, 3.05) is 26.2 Å². The Labute approximate surface area is 147 Å². The Morgan fingerprint density at radius 1 is 1.17 bits per heavy atom. The fourth-order valence-electron chi connectivity index (χ4n) is 4.16. The number of carbonyl (C=O) groups is 1. The second-order valence-electron chi connectivity index (χ2n) is 7.51. The van der Waals surface area contributed by atoms with Gasteiger partial charge in [0.15, 0.2) is 5.96 Å². The lowest BCUT2D eigenvalue weighted by Crippen LogP contribution is -2.47. The third-order valence-electron chi connectivity index (χ3n) is 5.40. The standard InChI is InChI=1S/C19H36N4O/c1-2-21-19(22-12-6-5-10-16-8-3-4-9-16)23-13-7-11-17(15-23)14-18(20)24/h16-17H,2-15H2,1H3,(H2,20,24)(H,21,22). The summed E-state index contributed by atoms with van der Waals surface area (Å²) in [6.45, 7) is 5.84. The largest absolute Gasteiger partial charge is 0.370 e. The number of likely N-dealkylation sites (tertiary alicyclic amines) is 1. The Kier molecular flexibility index (Phi) is 8.40. The summed E-state index contributed by atoms with van der Waals surface area (Å²) in [4.78, 5) is 18.3. The number of nitrogens with two attached hydrogens (primary N) is 1. The normalized spacial score (nSPS) is 22.8. The highest BCUT2D eigenvalue weighted by Gasteiger charge is 2.23. The van der Waals surface area contributed by atoms with E-state index in [0.29, 0.717) is 12.3 Å². The monoisotopic (exact) mass is 336 g/mol. The highest BCUT2D eigenvalue weighted by atomic mass is 16.1. The minimum atomic E-state index is -0.185. The smallest absolute Gasteiger partial charge is 0.217 e. The lowest BCUT2D eigenvalue weighted by Gasteiger charge is -2.34. The number of hydrogen-bond acceptors (Lipinski definition) is 2. The van der Waals surface area contributed by atoms with Crippen LogP contribution in [0.15, 0.2) is 4.99 Å². The van der Waals surface area contributed by atoms with Gasteiger partial charge in [-0.2, -0.15) is 0 Å². The van der Waals surface area contributed by atoms with Crippen LogP contribution in [0.25, 0.3) is 0 Å². The molecule has 1 aliphatic heterocycles. The van der Waals surface area contributed by atoms with Crippen molar-refractivity contribution in [2.24, 2.45) is 22.6 Å². The highest BCUT2D eigenvalue weighted by molar-refractivity contribution is 5.80. The van der Waals surface area contributed by atoms with Crippen LogP contribution in [-0.4, -0.2) is 42.9 Å². The lowest BCUT2D eigenvalue weighted by atomic mass is 9.95. The van der Waals surface area contributed by atoms with Crippen LogP contribution in [-0.2, 0) is 4.79 Å². The molecule has 5 nitrogen and oxygen atoms in total. The topological polar surface area (TPSA) is 70.7 Å². The summed E-state index contributed by atoms with van der Waals surface area (Å²) in [7, 11) is 0. The molecule has 1 saturated carbocycles. The average molecular weight is 337 g/mol. The molecular weight excluding hydrogens is 300 g/mol. The van der Waals surface area contributed by atoms with Crippen molar-refractivity contribution in [1.29, 1.82) is 0 Å². The van der Waals surface area contributed by atoms with Crippen molar-refractivity contribution in [3.8, 4) is 0 Å². The van der Waals surface area contributed by atoms with Crippen LogP contribution in [0.2, 0.25) is 0 Å². The first kappa shape index (κ1) is 19.1. The number of nitrogens with one attached hydrogen (secondary N) is 1. The molecule has 0 aromatic heterocycles. The van der Waals surface area contributed by atoms with E-state index in [-0.39, 0.29) is 5.91 Å². The maximum atomic E-state index is 11.2. The molecule has 1 heterocycles. The average Bonchev–Trinajstić information content (AvgIpc) is 3.06. The Balaban J connectivity index is 1.75. The van der Waals surface area contributed by atoms with Crippen molar-refractivity contribution < 1.29 is 4.79 Å². The summed E-state index contributed by atoms with van der Waals surface area (Å²) >= 11 is 0. The molecule has 0 aromatic rings. The van der Waals surface area contributed by atoms with E-state index in [1.165, 1.54) is 44.9 Å². The van der Waals surface area contributed by atoms with Gasteiger partial charge < -0.3 is 16.0 Å². The van der Waals surface area contributed by atoms with Crippen LogP contribution in [0.4, 0.5) is 0 Å². The predicted molar refractivity (Wildman–Crippen MR) is 99.9 cm³/mol. The maximum Gasteiger partial charge on any atom is 0.217 e. The molecule has 0 spiro atoms. The number of rotatable bonds is 8. The van der Waals surface area contributed by atoms with Crippen molar-refractivity contribution in [3.63, 3.8) is 0 Å². The Bertz CT molecular complexity index is 404. The first-order valence-corrected chi connectivity index (χ1v) is 10.0. The fraction of sp³-hybridized carbons (Fsp3) is 0.895. The molecule has 1 saturated heterocycles. The van der Waals surface area contributed by atoms with E-state index >= 15 is 0 Å². The van der Waals surface area contributed by atoms with E-state index in [9.17, 15) is 4.79 Å². The number of primary amides is 1. The van der Waals surface area contributed by atoms with Crippen molar-refractivity contribution >= 4 is 11.9 Å². The summed E-state index contributed by atoms with van der Waals surface area (Å²) in [6, 6.07) is 0. The van der Waals surface area contributed by atoms with Gasteiger partial charge in [-0.15, -0.1) is 0 Å². The van der Waals surface area contributed by atoms with Gasteiger partial charge in [-0.1, -0.05) is 38.5 Å². The number of aliphatic imine (C=N–C) groups is 1. The number of piperidine rings is 1. The zero-order valence-electron chi connectivity index (χ0n) is 15.4. The van der Waals surface area contributed by atoms with Crippen LogP contribution in [0.3, 0.4) is 0 Å². The number of unbranched alkanes of at least 4 members (excludes halogenated alkanes) is 1. The number of nitrogens with zero attached hydrogens (tertiary/aromatic N) is 2. The van der Waals surface area contributed by atoms with E-state index < -0.39 is 0 Å². The molecule has 1 aliphatic carbocycles. The molecule has 3 N–H and O–H groups in total. The second kappa shape index (κ2) is 10.6. The van der Waals surface area contributed by atoms with Crippen molar-refractivity contribution in [3.05, 3.63) is 0 Å². The molecule has 5 heteroatoms. The van der Waals surface area contributed by atoms with Crippen molar-refractivity contribution in [2.45, 2.75) is 71.1 Å². The summed E-state index contributed by atoms with van der Waals surface area (Å²) < 4.78 is 0. The van der Waals surface area contributed by atoms with Gasteiger partial charge in [-0.05, 0) is 38.0 Å². The molecule has 1 atom stereocenters. The van der Waals surface area contributed by atoms with Gasteiger partial charge in [-0.3, -0.25) is 9.79 Å². The van der Waals surface area contributed by atoms with Gasteiger partial charge in [0.05, 0.1) is 0 Å². The Morgan fingerprint density at radius 3 is 2.62 bits per heavy atom. The molecule has 2 aliphatic rings. The molecule has 1 amide bonds. The van der Waals surface area contributed by atoms with Crippen LogP contribution in [0.5, 0.6) is 0 Å². The van der Waals surface area contributed by atoms with E-state index in [1.807, 2.05) is 0 Å². The Morgan fingerprint density at radius 2 is 1.92 bits per heavy atom. The number of amides is 1. The van der Waals surface area contributed by atoms with Crippen LogP contribution in [0.1, 0.15) is 71.1 Å². The summed E-state index contributed by atoms with van der Waals surface area (Å²) in [5, 5.41) is 3.42. The maximum absolute atomic E-state index is 11.2. The van der Waals surface area contributed by atoms with Gasteiger partial charge in [0.25, 0.3) is 0 Å². The van der Waals surface area contributed by atoms with E-state index in [4.69, 9.17) is 10.7 Å².